The Labute approximate surface area is 119 Å². The second-order valence-corrected chi connectivity index (χ2v) is 4.37. The summed E-state index contributed by atoms with van der Waals surface area (Å²) in [6.07, 6.45) is 5.35. The molecule has 0 heterocycles. The van der Waals surface area contributed by atoms with Gasteiger partial charge in [-0.2, -0.15) is 0 Å². The highest BCUT2D eigenvalue weighted by Crippen LogP contribution is 2.12. The maximum Gasteiger partial charge on any atom is 0.246 e. The standard InChI is InChI=1S/C17H16N2O/c1-3-14-8-7-9-15(12-14)18-13-17(20)19(2)16-10-5-4-6-11-16/h1,4-12,18H,13H2,2H3. The number of hydrogen-bond acceptors (Lipinski definition) is 2. The first-order valence-electron chi connectivity index (χ1n) is 6.33. The fraction of sp³-hybridized carbons (Fsp3) is 0.118. The van der Waals surface area contributed by atoms with Gasteiger partial charge in [0.25, 0.3) is 0 Å². The molecule has 2 aromatic carbocycles. The average molecular weight is 264 g/mol. The highest BCUT2D eigenvalue weighted by atomic mass is 16.2. The van der Waals surface area contributed by atoms with E-state index in [1.54, 1.807) is 11.9 Å². The molecular formula is C17H16N2O. The van der Waals surface area contributed by atoms with Gasteiger partial charge in [0.05, 0.1) is 6.54 Å². The van der Waals surface area contributed by atoms with Crippen LogP contribution in [-0.2, 0) is 4.79 Å². The molecule has 1 N–H and O–H groups in total. The summed E-state index contributed by atoms with van der Waals surface area (Å²) < 4.78 is 0. The molecule has 2 rings (SSSR count). The number of benzene rings is 2. The fourth-order valence-corrected chi connectivity index (χ4v) is 1.81. The lowest BCUT2D eigenvalue weighted by Crippen LogP contribution is -2.32. The van der Waals surface area contributed by atoms with E-state index in [-0.39, 0.29) is 12.5 Å². The minimum absolute atomic E-state index is 0.0117. The largest absolute Gasteiger partial charge is 0.376 e. The van der Waals surface area contributed by atoms with E-state index in [0.29, 0.717) is 0 Å². The van der Waals surface area contributed by atoms with Gasteiger partial charge in [-0.3, -0.25) is 4.79 Å². The maximum atomic E-state index is 12.1. The lowest BCUT2D eigenvalue weighted by Gasteiger charge is -2.18. The van der Waals surface area contributed by atoms with Gasteiger partial charge in [0.1, 0.15) is 0 Å². The Kier molecular flexibility index (Phi) is 4.41. The molecule has 0 aliphatic carbocycles. The van der Waals surface area contributed by atoms with Crippen LogP contribution in [0.1, 0.15) is 5.56 Å². The van der Waals surface area contributed by atoms with Crippen molar-refractivity contribution in [1.29, 1.82) is 0 Å². The number of hydrogen-bond donors (Lipinski definition) is 1. The second kappa shape index (κ2) is 6.44. The Morgan fingerprint density at radius 3 is 2.65 bits per heavy atom. The number of amides is 1. The first-order chi connectivity index (χ1) is 9.70. The molecule has 0 fully saturated rings. The molecule has 0 atom stereocenters. The zero-order valence-electron chi connectivity index (χ0n) is 11.3. The third kappa shape index (κ3) is 3.39. The summed E-state index contributed by atoms with van der Waals surface area (Å²) in [7, 11) is 1.76. The van der Waals surface area contributed by atoms with Crippen LogP contribution in [0.25, 0.3) is 0 Å². The van der Waals surface area contributed by atoms with Crippen LogP contribution in [0.4, 0.5) is 11.4 Å². The van der Waals surface area contributed by atoms with E-state index in [0.717, 1.165) is 16.9 Å². The van der Waals surface area contributed by atoms with Crippen LogP contribution in [-0.4, -0.2) is 19.5 Å². The molecule has 1 amide bonds. The minimum atomic E-state index is -0.0117. The zero-order valence-corrected chi connectivity index (χ0v) is 11.3. The Morgan fingerprint density at radius 2 is 1.95 bits per heavy atom. The number of carbonyl (C=O) groups excluding carboxylic acids is 1. The van der Waals surface area contributed by atoms with E-state index in [2.05, 4.69) is 11.2 Å². The summed E-state index contributed by atoms with van der Waals surface area (Å²) in [6, 6.07) is 17.0. The zero-order chi connectivity index (χ0) is 14.4. The average Bonchev–Trinajstić information content (AvgIpc) is 2.53. The van der Waals surface area contributed by atoms with Crippen LogP contribution in [0.5, 0.6) is 0 Å². The normalized spacial score (nSPS) is 9.60. The topological polar surface area (TPSA) is 32.3 Å². The molecule has 0 bridgehead atoms. The quantitative estimate of drug-likeness (QED) is 0.861. The molecule has 0 spiro atoms. The lowest BCUT2D eigenvalue weighted by molar-refractivity contribution is -0.116. The van der Waals surface area contributed by atoms with E-state index in [9.17, 15) is 4.79 Å². The van der Waals surface area contributed by atoms with Crippen molar-refractivity contribution in [2.24, 2.45) is 0 Å². The van der Waals surface area contributed by atoms with Gasteiger partial charge in [-0.05, 0) is 30.3 Å². The summed E-state index contributed by atoms with van der Waals surface area (Å²) in [4.78, 5) is 13.7. The Hall–Kier alpha value is -2.73. The smallest absolute Gasteiger partial charge is 0.246 e. The van der Waals surface area contributed by atoms with Crippen LogP contribution in [0.2, 0.25) is 0 Å². The molecule has 0 aromatic heterocycles. The van der Waals surface area contributed by atoms with Crippen molar-refractivity contribution in [2.75, 3.05) is 23.8 Å². The number of nitrogens with one attached hydrogen (secondary N) is 1. The second-order valence-electron chi connectivity index (χ2n) is 4.37. The number of para-hydroxylation sites is 1. The highest BCUT2D eigenvalue weighted by molar-refractivity contribution is 5.95. The summed E-state index contributed by atoms with van der Waals surface area (Å²) in [6.45, 7) is 0.222. The Bertz CT molecular complexity index is 629. The Morgan fingerprint density at radius 1 is 1.20 bits per heavy atom. The predicted molar refractivity (Wildman–Crippen MR) is 82.7 cm³/mol. The van der Waals surface area contributed by atoms with Crippen LogP contribution >= 0.6 is 0 Å². The maximum absolute atomic E-state index is 12.1. The van der Waals surface area contributed by atoms with Crippen molar-refractivity contribution in [2.45, 2.75) is 0 Å². The molecule has 0 aliphatic rings. The molecule has 3 nitrogen and oxygen atoms in total. The molecular weight excluding hydrogens is 248 g/mol. The van der Waals surface area contributed by atoms with Crippen molar-refractivity contribution >= 4 is 17.3 Å². The van der Waals surface area contributed by atoms with Crippen molar-refractivity contribution in [3.8, 4) is 12.3 Å². The SMILES string of the molecule is C#Cc1cccc(NCC(=O)N(C)c2ccccc2)c1. The van der Waals surface area contributed by atoms with Gasteiger partial charge < -0.3 is 10.2 Å². The Balaban J connectivity index is 1.97. The van der Waals surface area contributed by atoms with E-state index in [1.165, 1.54) is 0 Å². The van der Waals surface area contributed by atoms with E-state index >= 15 is 0 Å². The van der Waals surface area contributed by atoms with Gasteiger partial charge >= 0.3 is 0 Å². The number of nitrogens with zero attached hydrogens (tertiary/aromatic N) is 1. The van der Waals surface area contributed by atoms with Crippen LogP contribution < -0.4 is 10.2 Å². The van der Waals surface area contributed by atoms with Crippen molar-refractivity contribution < 1.29 is 4.79 Å². The van der Waals surface area contributed by atoms with Crippen LogP contribution in [0.15, 0.2) is 54.6 Å². The lowest BCUT2D eigenvalue weighted by atomic mass is 10.2. The number of anilines is 2. The molecule has 3 heteroatoms. The molecule has 0 saturated heterocycles. The molecule has 0 radical (unpaired) electrons. The van der Waals surface area contributed by atoms with Gasteiger partial charge in [-0.1, -0.05) is 30.2 Å². The third-order valence-electron chi connectivity index (χ3n) is 2.99. The fourth-order valence-electron chi connectivity index (χ4n) is 1.81. The molecule has 2 aromatic rings. The van der Waals surface area contributed by atoms with Gasteiger partial charge in [0.15, 0.2) is 0 Å². The van der Waals surface area contributed by atoms with Gasteiger partial charge in [0.2, 0.25) is 5.91 Å². The van der Waals surface area contributed by atoms with Gasteiger partial charge in [-0.15, -0.1) is 6.42 Å². The monoisotopic (exact) mass is 264 g/mol. The molecule has 0 aliphatic heterocycles. The number of rotatable bonds is 4. The van der Waals surface area contributed by atoms with Crippen molar-refractivity contribution in [3.63, 3.8) is 0 Å². The van der Waals surface area contributed by atoms with Crippen LogP contribution in [0, 0.1) is 12.3 Å². The highest BCUT2D eigenvalue weighted by Gasteiger charge is 2.09. The number of carbonyl (C=O) groups is 1. The van der Waals surface area contributed by atoms with E-state index < -0.39 is 0 Å². The van der Waals surface area contributed by atoms with Crippen LogP contribution in [0.3, 0.4) is 0 Å². The van der Waals surface area contributed by atoms with E-state index in [4.69, 9.17) is 6.42 Å². The van der Waals surface area contributed by atoms with Crippen molar-refractivity contribution in [3.05, 3.63) is 60.2 Å². The number of terminal acetylenes is 1. The third-order valence-corrected chi connectivity index (χ3v) is 2.99. The molecule has 0 saturated carbocycles. The van der Waals surface area contributed by atoms with Gasteiger partial charge in [-0.25, -0.2) is 0 Å². The summed E-state index contributed by atoms with van der Waals surface area (Å²) in [5, 5.41) is 3.08. The predicted octanol–water partition coefficient (Wildman–Crippen LogP) is 2.74. The first-order valence-corrected chi connectivity index (χ1v) is 6.33. The first kappa shape index (κ1) is 13.7. The summed E-state index contributed by atoms with van der Waals surface area (Å²) in [5.74, 6) is 2.56. The van der Waals surface area contributed by atoms with Crippen molar-refractivity contribution in [1.82, 2.24) is 0 Å². The van der Waals surface area contributed by atoms with E-state index in [1.807, 2.05) is 54.6 Å². The number of likely N-dealkylation sites (N-methyl/N-ethyl adjacent to an activating group) is 1. The summed E-state index contributed by atoms with van der Waals surface area (Å²) >= 11 is 0. The molecule has 20 heavy (non-hydrogen) atoms. The minimum Gasteiger partial charge on any atom is -0.376 e. The molecule has 0 unspecified atom stereocenters. The molecule has 100 valence electrons. The summed E-state index contributed by atoms with van der Waals surface area (Å²) in [5.41, 5.74) is 2.51. The van der Waals surface area contributed by atoms with Gasteiger partial charge in [0, 0.05) is 24.0 Å².